The fourth-order valence-electron chi connectivity index (χ4n) is 4.71. The van der Waals surface area contributed by atoms with Crippen molar-refractivity contribution in [1.82, 2.24) is 19.3 Å². The molecule has 1 aromatic carbocycles. The van der Waals surface area contributed by atoms with Gasteiger partial charge >= 0.3 is 6.03 Å². The summed E-state index contributed by atoms with van der Waals surface area (Å²) >= 11 is 1.29. The van der Waals surface area contributed by atoms with E-state index in [0.717, 1.165) is 52.2 Å². The van der Waals surface area contributed by atoms with Gasteiger partial charge in [-0.3, -0.25) is 9.71 Å². The molecule has 4 aromatic rings. The average molecular weight is 471 g/mol. The number of urea groups is 1. The highest BCUT2D eigenvalue weighted by molar-refractivity contribution is 7.98. The van der Waals surface area contributed by atoms with E-state index in [1.807, 2.05) is 29.0 Å². The van der Waals surface area contributed by atoms with E-state index >= 15 is 0 Å². The van der Waals surface area contributed by atoms with E-state index in [2.05, 4.69) is 56.3 Å². The monoisotopic (exact) mass is 470 g/mol. The van der Waals surface area contributed by atoms with Crippen LogP contribution in [0.1, 0.15) is 30.4 Å². The van der Waals surface area contributed by atoms with Gasteiger partial charge in [-0.15, -0.1) is 0 Å². The number of carbonyl (C=O) groups is 1. The zero-order valence-corrected chi connectivity index (χ0v) is 19.8. The zero-order valence-electron chi connectivity index (χ0n) is 19.0. The molecule has 0 atom stereocenters. The molecule has 3 aromatic heterocycles. The van der Waals surface area contributed by atoms with Crippen LogP contribution in [0.2, 0.25) is 0 Å². The summed E-state index contributed by atoms with van der Waals surface area (Å²) in [5, 5.41) is 7.45. The molecule has 172 valence electrons. The molecular weight excluding hydrogens is 444 g/mol. The molecule has 0 saturated heterocycles. The molecule has 2 aliphatic carbocycles. The maximum atomic E-state index is 13.0. The summed E-state index contributed by atoms with van der Waals surface area (Å²) in [6.07, 6.45) is 13.0. The van der Waals surface area contributed by atoms with Crippen LogP contribution in [0.4, 0.5) is 16.2 Å². The van der Waals surface area contributed by atoms with Crippen molar-refractivity contribution >= 4 is 34.9 Å². The van der Waals surface area contributed by atoms with Crippen LogP contribution in [0.25, 0.3) is 16.6 Å². The highest BCUT2D eigenvalue weighted by Crippen LogP contribution is 2.38. The maximum Gasteiger partial charge on any atom is 0.329 e. The number of fused-ring (bicyclic) bond motifs is 2. The molecule has 0 aliphatic heterocycles. The van der Waals surface area contributed by atoms with E-state index in [0.29, 0.717) is 6.04 Å². The SMILES string of the molecule is CN(c1cncc(SNC(=O)Nc2c(-c3ccn4nccc4c3)ccc3c2CCC3)c1)C1CC1. The first-order valence-electron chi connectivity index (χ1n) is 11.7. The number of benzene rings is 1. The lowest BCUT2D eigenvalue weighted by Gasteiger charge is -2.19. The summed E-state index contributed by atoms with van der Waals surface area (Å²) in [4.78, 5) is 20.5. The van der Waals surface area contributed by atoms with Crippen LogP contribution in [-0.4, -0.2) is 33.7 Å². The number of amides is 2. The number of aryl methyl sites for hydroxylation is 1. The number of anilines is 2. The van der Waals surface area contributed by atoms with Gasteiger partial charge in [-0.1, -0.05) is 12.1 Å². The largest absolute Gasteiger partial charge is 0.370 e. The fraction of sp³-hybridized carbons (Fsp3) is 0.269. The Labute approximate surface area is 202 Å². The Morgan fingerprint density at radius 2 is 2.06 bits per heavy atom. The van der Waals surface area contributed by atoms with Gasteiger partial charge < -0.3 is 10.2 Å². The lowest BCUT2D eigenvalue weighted by molar-refractivity contribution is 0.257. The molecule has 2 N–H and O–H groups in total. The molecule has 1 fully saturated rings. The Hall–Kier alpha value is -3.52. The minimum Gasteiger partial charge on any atom is -0.370 e. The minimum absolute atomic E-state index is 0.238. The summed E-state index contributed by atoms with van der Waals surface area (Å²) in [5.74, 6) is 0. The van der Waals surface area contributed by atoms with Gasteiger partial charge in [0.05, 0.1) is 23.1 Å². The van der Waals surface area contributed by atoms with Crippen LogP contribution in [-0.2, 0) is 12.8 Å². The van der Waals surface area contributed by atoms with E-state index < -0.39 is 0 Å². The molecule has 1 saturated carbocycles. The normalized spacial score (nSPS) is 14.7. The van der Waals surface area contributed by atoms with Crippen LogP contribution in [0.5, 0.6) is 0 Å². The Balaban J connectivity index is 1.23. The summed E-state index contributed by atoms with van der Waals surface area (Å²) in [5.41, 5.74) is 7.64. The van der Waals surface area contributed by atoms with Crippen molar-refractivity contribution in [3.8, 4) is 11.1 Å². The molecule has 0 unspecified atom stereocenters. The number of hydrogen-bond donors (Lipinski definition) is 2. The smallest absolute Gasteiger partial charge is 0.329 e. The zero-order chi connectivity index (χ0) is 23.1. The third kappa shape index (κ3) is 4.09. The van der Waals surface area contributed by atoms with Gasteiger partial charge in [0.25, 0.3) is 0 Å². The van der Waals surface area contributed by atoms with Crippen molar-refractivity contribution in [3.05, 3.63) is 72.3 Å². The van der Waals surface area contributed by atoms with Gasteiger partial charge in [-0.2, -0.15) is 5.10 Å². The molecule has 6 rings (SSSR count). The van der Waals surface area contributed by atoms with Crippen LogP contribution >= 0.6 is 11.9 Å². The number of rotatable bonds is 6. The van der Waals surface area contributed by atoms with Crippen LogP contribution in [0.3, 0.4) is 0 Å². The number of aromatic nitrogens is 3. The van der Waals surface area contributed by atoms with Crippen molar-refractivity contribution in [2.45, 2.75) is 43.0 Å². The third-order valence-corrected chi connectivity index (χ3v) is 7.44. The number of hydrogen-bond acceptors (Lipinski definition) is 5. The second-order valence-corrected chi connectivity index (χ2v) is 9.85. The first kappa shape index (κ1) is 21.0. The Kier molecular flexibility index (Phi) is 5.37. The van der Waals surface area contributed by atoms with E-state index in [4.69, 9.17) is 0 Å². The van der Waals surface area contributed by atoms with Gasteiger partial charge in [0.2, 0.25) is 0 Å². The average Bonchev–Trinajstić information content (AvgIpc) is 3.40. The maximum absolute atomic E-state index is 13.0. The van der Waals surface area contributed by atoms with Crippen molar-refractivity contribution < 1.29 is 4.79 Å². The van der Waals surface area contributed by atoms with Crippen LogP contribution in [0.15, 0.2) is 66.1 Å². The highest BCUT2D eigenvalue weighted by Gasteiger charge is 2.26. The summed E-state index contributed by atoms with van der Waals surface area (Å²) < 4.78 is 4.79. The van der Waals surface area contributed by atoms with Gasteiger partial charge in [0.15, 0.2) is 0 Å². The Morgan fingerprint density at radius 3 is 2.94 bits per heavy atom. The predicted octanol–water partition coefficient (Wildman–Crippen LogP) is 5.31. The summed E-state index contributed by atoms with van der Waals surface area (Å²) in [6.45, 7) is 0. The molecule has 34 heavy (non-hydrogen) atoms. The minimum atomic E-state index is -0.238. The number of carbonyl (C=O) groups excluding carboxylic acids is 1. The second-order valence-electron chi connectivity index (χ2n) is 8.97. The van der Waals surface area contributed by atoms with Gasteiger partial charge in [-0.05, 0) is 85.0 Å². The van der Waals surface area contributed by atoms with Crippen LogP contribution in [0, 0.1) is 0 Å². The molecular formula is C26H26N6OS. The Bertz CT molecular complexity index is 1380. The second kappa shape index (κ2) is 8.68. The number of nitrogens with zero attached hydrogens (tertiary/aromatic N) is 4. The molecule has 0 bridgehead atoms. The molecule has 8 heteroatoms. The summed E-state index contributed by atoms with van der Waals surface area (Å²) in [6, 6.07) is 12.9. The molecule has 0 radical (unpaired) electrons. The van der Waals surface area contributed by atoms with Gasteiger partial charge in [-0.25, -0.2) is 9.31 Å². The third-order valence-electron chi connectivity index (χ3n) is 6.69. The molecule has 7 nitrogen and oxygen atoms in total. The first-order valence-corrected chi connectivity index (χ1v) is 12.5. The Morgan fingerprint density at radius 1 is 1.15 bits per heavy atom. The van der Waals surface area contributed by atoms with Crippen molar-refractivity contribution in [2.75, 3.05) is 17.3 Å². The number of nitrogens with one attached hydrogen (secondary N) is 2. The van der Waals surface area contributed by atoms with Crippen molar-refractivity contribution in [1.29, 1.82) is 0 Å². The summed E-state index contributed by atoms with van der Waals surface area (Å²) in [7, 11) is 2.10. The van der Waals surface area contributed by atoms with Crippen LogP contribution < -0.4 is 14.9 Å². The standard InChI is InChI=1S/C26H26N6OS/c1-31(19-6-7-19)21-14-22(16-27-15-21)34-30-26(33)29-25-23-4-2-3-17(23)5-8-24(25)18-10-12-32-20(13-18)9-11-28-32/h5,8-16,19H,2-4,6-7H2,1H3,(H2,29,30,33). The van der Waals surface area contributed by atoms with Crippen molar-refractivity contribution in [3.63, 3.8) is 0 Å². The highest BCUT2D eigenvalue weighted by atomic mass is 32.2. The topological polar surface area (TPSA) is 74.6 Å². The van der Waals surface area contributed by atoms with E-state index in [9.17, 15) is 4.79 Å². The molecule has 0 spiro atoms. The van der Waals surface area contributed by atoms with E-state index in [1.54, 1.807) is 12.4 Å². The number of pyridine rings is 2. The van der Waals surface area contributed by atoms with E-state index in [1.165, 1.54) is 35.9 Å². The van der Waals surface area contributed by atoms with E-state index in [-0.39, 0.29) is 6.03 Å². The fourth-order valence-corrected chi connectivity index (χ4v) is 5.27. The lowest BCUT2D eigenvalue weighted by atomic mass is 9.97. The molecule has 2 amide bonds. The van der Waals surface area contributed by atoms with Gasteiger partial charge in [0.1, 0.15) is 0 Å². The quantitative estimate of drug-likeness (QED) is 0.374. The predicted molar refractivity (Wildman–Crippen MR) is 136 cm³/mol. The first-order chi connectivity index (χ1) is 16.7. The van der Waals surface area contributed by atoms with Gasteiger partial charge in [0, 0.05) is 42.1 Å². The molecule has 2 aliphatic rings. The van der Waals surface area contributed by atoms with Crippen molar-refractivity contribution in [2.24, 2.45) is 0 Å². The molecule has 3 heterocycles. The lowest BCUT2D eigenvalue weighted by Crippen LogP contribution is -2.24.